The van der Waals surface area contributed by atoms with Gasteiger partial charge in [-0.15, -0.1) is 0 Å². The SMILES string of the molecule is CC/C=C\C/C=C\C/C=C\C/C=C\CCCCCCCCCCC(=O)OC(COC(=O)CCCCCCC/C=C\C/C=C\C/C=C\CC)COP(=O)(O)OCC(N)C(=O)O. The predicted molar refractivity (Wildman–Crippen MR) is 244 cm³/mol. The van der Waals surface area contributed by atoms with E-state index in [0.717, 1.165) is 109 Å². The van der Waals surface area contributed by atoms with Crippen LogP contribution in [0.15, 0.2) is 85.1 Å². The summed E-state index contributed by atoms with van der Waals surface area (Å²) in [5.74, 6) is -2.42. The van der Waals surface area contributed by atoms with Gasteiger partial charge in [-0.2, -0.15) is 0 Å². The van der Waals surface area contributed by atoms with Gasteiger partial charge in [-0.3, -0.25) is 23.4 Å². The van der Waals surface area contributed by atoms with Crippen LogP contribution in [0.1, 0.15) is 168 Å². The lowest BCUT2D eigenvalue weighted by molar-refractivity contribution is -0.161. The Balaban J connectivity index is 4.37. The van der Waals surface area contributed by atoms with Crippen LogP contribution in [0.4, 0.5) is 0 Å². The minimum atomic E-state index is -4.73. The van der Waals surface area contributed by atoms with Gasteiger partial charge in [0.1, 0.15) is 12.6 Å². The summed E-state index contributed by atoms with van der Waals surface area (Å²) in [4.78, 5) is 46.0. The Hall–Kier alpha value is -3.34. The van der Waals surface area contributed by atoms with Crippen LogP contribution in [0.25, 0.3) is 0 Å². The number of ether oxygens (including phenoxy) is 2. The van der Waals surface area contributed by atoms with E-state index in [1.807, 2.05) is 0 Å². The summed E-state index contributed by atoms with van der Waals surface area (Å²) in [6.07, 6.45) is 52.1. The number of carboxylic acids is 1. The van der Waals surface area contributed by atoms with Crippen molar-refractivity contribution in [3.05, 3.63) is 85.1 Å². The number of esters is 2. The average Bonchev–Trinajstić information content (AvgIpc) is 3.22. The van der Waals surface area contributed by atoms with Crippen molar-refractivity contribution < 1.29 is 47.5 Å². The number of carbonyl (C=O) groups excluding carboxylic acids is 2. The van der Waals surface area contributed by atoms with Crippen LogP contribution in [-0.2, 0) is 37.5 Å². The molecule has 0 aliphatic carbocycles. The van der Waals surface area contributed by atoms with E-state index in [1.165, 1.54) is 19.3 Å². The molecule has 0 aromatic heterocycles. The van der Waals surface area contributed by atoms with E-state index in [0.29, 0.717) is 12.8 Å². The fourth-order valence-corrected chi connectivity index (χ4v) is 6.44. The van der Waals surface area contributed by atoms with Gasteiger partial charge in [0.2, 0.25) is 0 Å². The number of hydrogen-bond acceptors (Lipinski definition) is 9. The first-order chi connectivity index (χ1) is 29.1. The van der Waals surface area contributed by atoms with E-state index < -0.39 is 51.1 Å². The number of phosphoric ester groups is 1. The van der Waals surface area contributed by atoms with Crippen LogP contribution in [0.2, 0.25) is 0 Å². The number of aliphatic carboxylic acids is 1. The monoisotopic (exact) mass is 862 g/mol. The molecule has 0 aromatic rings. The van der Waals surface area contributed by atoms with Crippen molar-refractivity contribution in [1.29, 1.82) is 0 Å². The Labute approximate surface area is 362 Å². The lowest BCUT2D eigenvalue weighted by Crippen LogP contribution is -2.34. The minimum absolute atomic E-state index is 0.143. The highest BCUT2D eigenvalue weighted by Crippen LogP contribution is 2.43. The zero-order valence-electron chi connectivity index (χ0n) is 37.0. The topological polar surface area (TPSA) is 172 Å². The molecule has 3 atom stereocenters. The van der Waals surface area contributed by atoms with E-state index in [-0.39, 0.29) is 19.4 Å². The van der Waals surface area contributed by atoms with Gasteiger partial charge in [0.05, 0.1) is 13.2 Å². The lowest BCUT2D eigenvalue weighted by Gasteiger charge is -2.20. The molecule has 0 rings (SSSR count). The molecule has 60 heavy (non-hydrogen) atoms. The quantitative estimate of drug-likeness (QED) is 0.0231. The summed E-state index contributed by atoms with van der Waals surface area (Å²) in [7, 11) is -4.73. The first kappa shape index (κ1) is 56.7. The molecule has 342 valence electrons. The Bertz CT molecular complexity index is 1340. The van der Waals surface area contributed by atoms with Crippen molar-refractivity contribution >= 4 is 25.7 Å². The summed E-state index contributed by atoms with van der Waals surface area (Å²) in [5, 5.41) is 8.90. The molecule has 0 bridgehead atoms. The number of phosphoric acid groups is 1. The Morgan fingerprint density at radius 1 is 0.517 bits per heavy atom. The number of carboxylic acid groups (broad SMARTS) is 1. The van der Waals surface area contributed by atoms with Gasteiger partial charge >= 0.3 is 25.7 Å². The summed E-state index contributed by atoms with van der Waals surface area (Å²) in [6, 6.07) is -1.53. The second kappa shape index (κ2) is 42.4. The van der Waals surface area contributed by atoms with Gasteiger partial charge in [-0.05, 0) is 83.5 Å². The molecule has 0 aromatic carbocycles. The molecule has 11 nitrogen and oxygen atoms in total. The Morgan fingerprint density at radius 2 is 0.883 bits per heavy atom. The van der Waals surface area contributed by atoms with Crippen LogP contribution in [0.5, 0.6) is 0 Å². The highest BCUT2D eigenvalue weighted by molar-refractivity contribution is 7.47. The fraction of sp³-hybridized carbons (Fsp3) is 0.646. The van der Waals surface area contributed by atoms with E-state index in [4.69, 9.17) is 24.8 Å². The molecule has 0 spiro atoms. The van der Waals surface area contributed by atoms with Gasteiger partial charge in [0.25, 0.3) is 0 Å². The molecule has 3 unspecified atom stereocenters. The van der Waals surface area contributed by atoms with Crippen molar-refractivity contribution in [3.63, 3.8) is 0 Å². The van der Waals surface area contributed by atoms with Crippen LogP contribution in [0.3, 0.4) is 0 Å². The molecule has 0 heterocycles. The molecule has 4 N–H and O–H groups in total. The fourth-order valence-electron chi connectivity index (χ4n) is 5.66. The Morgan fingerprint density at radius 3 is 1.32 bits per heavy atom. The van der Waals surface area contributed by atoms with Crippen LogP contribution >= 0.6 is 7.82 Å². The highest BCUT2D eigenvalue weighted by atomic mass is 31.2. The molecular weight excluding hydrogens is 781 g/mol. The van der Waals surface area contributed by atoms with Crippen molar-refractivity contribution in [3.8, 4) is 0 Å². The summed E-state index contributed by atoms with van der Waals surface area (Å²) in [6.45, 7) is 2.54. The summed E-state index contributed by atoms with van der Waals surface area (Å²) in [5.41, 5.74) is 5.34. The second-order valence-electron chi connectivity index (χ2n) is 14.8. The molecule has 0 amide bonds. The number of unbranched alkanes of at least 4 members (excludes halogenated alkanes) is 13. The van der Waals surface area contributed by atoms with Crippen LogP contribution in [0, 0.1) is 0 Å². The first-order valence-corrected chi connectivity index (χ1v) is 24.1. The molecular formula is C48H80NO10P. The molecule has 12 heteroatoms. The van der Waals surface area contributed by atoms with Gasteiger partial charge in [0, 0.05) is 12.8 Å². The number of hydrogen-bond donors (Lipinski definition) is 3. The third-order valence-corrected chi connectivity index (χ3v) is 10.1. The maximum Gasteiger partial charge on any atom is 0.472 e. The van der Waals surface area contributed by atoms with Crippen molar-refractivity contribution in [1.82, 2.24) is 0 Å². The van der Waals surface area contributed by atoms with Crippen molar-refractivity contribution in [2.75, 3.05) is 19.8 Å². The standard InChI is InChI=1S/C48H80NO10P/c1-3-5-7-9-11-13-15-17-19-20-21-22-23-24-26-28-30-32-34-36-38-40-47(51)59-44(42-57-60(54,55)58-43-45(49)48(52)53)41-56-46(50)39-37-35-33-31-29-27-25-18-16-14-12-10-8-6-4-2/h5-8,11-14,17-19,21-22,25,44-45H,3-4,9-10,15-16,20,23-24,26-43,49H2,1-2H3,(H,52,53)(H,54,55)/b7-5-,8-6-,13-11-,14-12-,19-17-,22-21-,25-18-. The molecule has 0 aliphatic heterocycles. The number of nitrogens with two attached hydrogens (primary N) is 1. The highest BCUT2D eigenvalue weighted by Gasteiger charge is 2.28. The summed E-state index contributed by atoms with van der Waals surface area (Å²) < 4.78 is 32.7. The van der Waals surface area contributed by atoms with Gasteiger partial charge in [-0.1, -0.05) is 157 Å². The van der Waals surface area contributed by atoms with Crippen LogP contribution in [-0.4, -0.2) is 59.9 Å². The van der Waals surface area contributed by atoms with Crippen molar-refractivity contribution in [2.24, 2.45) is 5.73 Å². The number of allylic oxidation sites excluding steroid dienone is 14. The maximum absolute atomic E-state index is 12.7. The largest absolute Gasteiger partial charge is 0.480 e. The van der Waals surface area contributed by atoms with E-state index >= 15 is 0 Å². The molecule has 0 radical (unpaired) electrons. The molecule has 0 aliphatic rings. The predicted octanol–water partition coefficient (Wildman–Crippen LogP) is 12.3. The zero-order valence-corrected chi connectivity index (χ0v) is 37.9. The Kier molecular flexibility index (Phi) is 40.0. The van der Waals surface area contributed by atoms with E-state index in [1.54, 1.807) is 0 Å². The maximum atomic E-state index is 12.7. The first-order valence-electron chi connectivity index (χ1n) is 22.6. The van der Waals surface area contributed by atoms with Crippen LogP contribution < -0.4 is 5.73 Å². The van der Waals surface area contributed by atoms with E-state index in [9.17, 15) is 23.8 Å². The summed E-state index contributed by atoms with van der Waals surface area (Å²) >= 11 is 0. The van der Waals surface area contributed by atoms with E-state index in [2.05, 4.69) is 103 Å². The van der Waals surface area contributed by atoms with Gasteiger partial charge in [-0.25, -0.2) is 4.57 Å². The second-order valence-corrected chi connectivity index (χ2v) is 16.2. The normalized spacial score (nSPS) is 14.5. The van der Waals surface area contributed by atoms with Crippen molar-refractivity contribution in [2.45, 2.75) is 180 Å². The van der Waals surface area contributed by atoms with Gasteiger partial charge in [0.15, 0.2) is 6.10 Å². The average molecular weight is 862 g/mol. The minimum Gasteiger partial charge on any atom is -0.480 e. The van der Waals surface area contributed by atoms with Gasteiger partial charge < -0.3 is 25.2 Å². The number of carbonyl (C=O) groups is 3. The third-order valence-electron chi connectivity index (χ3n) is 9.14. The third kappa shape index (κ3) is 41.4. The molecule has 0 fully saturated rings. The number of rotatable bonds is 41. The lowest BCUT2D eigenvalue weighted by atomic mass is 10.1. The molecule has 0 saturated heterocycles. The smallest absolute Gasteiger partial charge is 0.472 e. The zero-order chi connectivity index (χ0) is 44.2. The molecule has 0 saturated carbocycles.